The topological polar surface area (TPSA) is 23.8 Å². The summed E-state index contributed by atoms with van der Waals surface area (Å²) in [4.78, 5) is 11.2. The SMILES string of the molecule is CSc1ccc(-c2cn3ccc(C4CCN(C5CCN(CC(C)C)CC5)CC4)c(F)c3n2)cc1. The van der Waals surface area contributed by atoms with Gasteiger partial charge in [0.15, 0.2) is 11.5 Å². The van der Waals surface area contributed by atoms with Crippen LogP contribution in [-0.4, -0.2) is 64.2 Å². The Kier molecular flexibility index (Phi) is 7.28. The first-order valence-electron chi connectivity index (χ1n) is 12.8. The first-order valence-corrected chi connectivity index (χ1v) is 14.0. The zero-order valence-corrected chi connectivity index (χ0v) is 21.5. The molecule has 0 bridgehead atoms. The minimum absolute atomic E-state index is 0.144. The van der Waals surface area contributed by atoms with Crippen molar-refractivity contribution >= 4 is 17.4 Å². The van der Waals surface area contributed by atoms with Gasteiger partial charge in [0.1, 0.15) is 0 Å². The van der Waals surface area contributed by atoms with Gasteiger partial charge in [-0.1, -0.05) is 26.0 Å². The second-order valence-corrected chi connectivity index (χ2v) is 11.3. The number of hydrogen-bond donors (Lipinski definition) is 0. The molecule has 6 heteroatoms. The number of halogens is 1. The van der Waals surface area contributed by atoms with Crippen molar-refractivity contribution < 1.29 is 4.39 Å². The summed E-state index contributed by atoms with van der Waals surface area (Å²) in [7, 11) is 0. The first kappa shape index (κ1) is 23.8. The molecule has 0 spiro atoms. The second-order valence-electron chi connectivity index (χ2n) is 10.4. The van der Waals surface area contributed by atoms with E-state index < -0.39 is 0 Å². The summed E-state index contributed by atoms with van der Waals surface area (Å²) in [5, 5.41) is 0. The fourth-order valence-electron chi connectivity index (χ4n) is 5.81. The molecule has 4 nitrogen and oxygen atoms in total. The molecule has 0 amide bonds. The summed E-state index contributed by atoms with van der Waals surface area (Å²) in [5.41, 5.74) is 3.13. The number of likely N-dealkylation sites (tertiary alicyclic amines) is 2. The van der Waals surface area contributed by atoms with Crippen molar-refractivity contribution in [3.8, 4) is 11.3 Å². The molecule has 0 unspecified atom stereocenters. The molecule has 182 valence electrons. The molecule has 0 atom stereocenters. The minimum atomic E-state index is -0.144. The number of fused-ring (bicyclic) bond motifs is 1. The van der Waals surface area contributed by atoms with Gasteiger partial charge in [-0.2, -0.15) is 0 Å². The molecule has 0 N–H and O–H groups in total. The Morgan fingerprint density at radius 1 is 1.00 bits per heavy atom. The van der Waals surface area contributed by atoms with Crippen LogP contribution in [0.2, 0.25) is 0 Å². The van der Waals surface area contributed by atoms with E-state index in [0.29, 0.717) is 11.7 Å². The van der Waals surface area contributed by atoms with Crippen molar-refractivity contribution in [2.75, 3.05) is 39.0 Å². The maximum Gasteiger partial charge on any atom is 0.174 e. The summed E-state index contributed by atoms with van der Waals surface area (Å²) >= 11 is 1.72. The van der Waals surface area contributed by atoms with E-state index in [1.807, 2.05) is 22.9 Å². The Bertz CT molecular complexity index is 1090. The molecule has 34 heavy (non-hydrogen) atoms. The van der Waals surface area contributed by atoms with Crippen molar-refractivity contribution in [3.63, 3.8) is 0 Å². The molecular weight excluding hydrogens is 443 g/mol. The van der Waals surface area contributed by atoms with E-state index in [4.69, 9.17) is 0 Å². The highest BCUT2D eigenvalue weighted by molar-refractivity contribution is 7.98. The smallest absolute Gasteiger partial charge is 0.174 e. The monoisotopic (exact) mass is 480 g/mol. The van der Waals surface area contributed by atoms with E-state index in [9.17, 15) is 0 Å². The van der Waals surface area contributed by atoms with E-state index in [1.165, 1.54) is 37.4 Å². The molecule has 0 radical (unpaired) electrons. The van der Waals surface area contributed by atoms with E-state index in [0.717, 1.165) is 48.7 Å². The van der Waals surface area contributed by atoms with Crippen LogP contribution in [0.4, 0.5) is 4.39 Å². The number of piperidine rings is 2. The highest BCUT2D eigenvalue weighted by Gasteiger charge is 2.30. The van der Waals surface area contributed by atoms with E-state index in [-0.39, 0.29) is 11.7 Å². The molecule has 0 saturated carbocycles. The zero-order chi connectivity index (χ0) is 23.7. The van der Waals surface area contributed by atoms with Gasteiger partial charge in [-0.05, 0) is 93.7 Å². The van der Waals surface area contributed by atoms with Crippen molar-refractivity contribution in [2.24, 2.45) is 5.92 Å². The van der Waals surface area contributed by atoms with E-state index >= 15 is 4.39 Å². The third kappa shape index (κ3) is 5.05. The Morgan fingerprint density at radius 3 is 2.35 bits per heavy atom. The maximum atomic E-state index is 15.6. The predicted molar refractivity (Wildman–Crippen MR) is 140 cm³/mol. The van der Waals surface area contributed by atoms with Crippen molar-refractivity contribution in [1.29, 1.82) is 0 Å². The number of pyridine rings is 1. The molecule has 2 aromatic heterocycles. The molecule has 2 aliphatic rings. The molecule has 1 aromatic carbocycles. The van der Waals surface area contributed by atoms with Crippen molar-refractivity contribution in [2.45, 2.75) is 56.4 Å². The molecular formula is C28H37FN4S. The van der Waals surface area contributed by atoms with Gasteiger partial charge in [0, 0.05) is 35.4 Å². The van der Waals surface area contributed by atoms with Crippen molar-refractivity contribution in [1.82, 2.24) is 19.2 Å². The number of imidazole rings is 1. The molecule has 0 aliphatic carbocycles. The van der Waals surface area contributed by atoms with Crippen LogP contribution in [0.5, 0.6) is 0 Å². The molecule has 2 fully saturated rings. The lowest BCUT2D eigenvalue weighted by Crippen LogP contribution is -2.48. The Morgan fingerprint density at radius 2 is 1.71 bits per heavy atom. The average Bonchev–Trinajstić information content (AvgIpc) is 3.30. The third-order valence-electron chi connectivity index (χ3n) is 7.65. The number of benzene rings is 1. The average molecular weight is 481 g/mol. The van der Waals surface area contributed by atoms with Crippen LogP contribution in [0.25, 0.3) is 16.9 Å². The summed E-state index contributed by atoms with van der Waals surface area (Å²) in [6, 6.07) is 11.0. The van der Waals surface area contributed by atoms with Crippen LogP contribution in [-0.2, 0) is 0 Å². The van der Waals surface area contributed by atoms with Crippen LogP contribution in [0.3, 0.4) is 0 Å². The van der Waals surface area contributed by atoms with Gasteiger partial charge in [0.2, 0.25) is 0 Å². The van der Waals surface area contributed by atoms with Crippen LogP contribution in [0.1, 0.15) is 51.0 Å². The lowest BCUT2D eigenvalue weighted by molar-refractivity contribution is 0.0825. The summed E-state index contributed by atoms with van der Waals surface area (Å²) < 4.78 is 17.4. The Labute approximate surface area is 207 Å². The van der Waals surface area contributed by atoms with Crippen LogP contribution in [0.15, 0.2) is 47.6 Å². The highest BCUT2D eigenvalue weighted by atomic mass is 32.2. The molecule has 3 aromatic rings. The van der Waals surface area contributed by atoms with Gasteiger partial charge < -0.3 is 14.2 Å². The normalized spacial score (nSPS) is 19.4. The summed E-state index contributed by atoms with van der Waals surface area (Å²) in [6.07, 6.45) is 10.6. The lowest BCUT2D eigenvalue weighted by atomic mass is 9.88. The van der Waals surface area contributed by atoms with E-state index in [2.05, 4.69) is 59.2 Å². The van der Waals surface area contributed by atoms with Gasteiger partial charge >= 0.3 is 0 Å². The predicted octanol–water partition coefficient (Wildman–Crippen LogP) is 6.16. The summed E-state index contributed by atoms with van der Waals surface area (Å²) in [5.74, 6) is 0.879. The first-order chi connectivity index (χ1) is 16.5. The standard InChI is InChI=1S/C28H37FN4S/c1-20(2)18-31-13-10-23(11-14-31)32-15-8-21(9-16-32)25-12-17-33-19-26(30-28(33)27(25)29)22-4-6-24(34-3)7-5-22/h4-7,12,17,19-21,23H,8-11,13-16,18H2,1-3H3. The molecule has 4 heterocycles. The highest BCUT2D eigenvalue weighted by Crippen LogP contribution is 2.34. The third-order valence-corrected chi connectivity index (χ3v) is 8.39. The molecule has 2 aliphatic heterocycles. The lowest BCUT2D eigenvalue weighted by Gasteiger charge is -2.42. The van der Waals surface area contributed by atoms with Gasteiger partial charge in [-0.25, -0.2) is 9.37 Å². The number of thioether (sulfide) groups is 1. The maximum absolute atomic E-state index is 15.6. The number of nitrogens with zero attached hydrogens (tertiary/aromatic N) is 4. The number of hydrogen-bond acceptors (Lipinski definition) is 4. The quantitative estimate of drug-likeness (QED) is 0.394. The van der Waals surface area contributed by atoms with Gasteiger partial charge in [-0.15, -0.1) is 11.8 Å². The number of rotatable bonds is 6. The second kappa shape index (κ2) is 10.4. The van der Waals surface area contributed by atoms with Crippen LogP contribution in [0, 0.1) is 11.7 Å². The van der Waals surface area contributed by atoms with E-state index in [1.54, 1.807) is 11.8 Å². The fraction of sp³-hybridized carbons (Fsp3) is 0.536. The molecule has 5 rings (SSSR count). The van der Waals surface area contributed by atoms with Gasteiger partial charge in [0.05, 0.1) is 5.69 Å². The van der Waals surface area contributed by atoms with Crippen LogP contribution < -0.4 is 0 Å². The summed E-state index contributed by atoms with van der Waals surface area (Å²) in [6.45, 7) is 10.4. The Hall–Kier alpha value is -1.89. The van der Waals surface area contributed by atoms with Crippen LogP contribution >= 0.6 is 11.8 Å². The molecule has 2 saturated heterocycles. The Balaban J connectivity index is 1.24. The van der Waals surface area contributed by atoms with Crippen molar-refractivity contribution in [3.05, 3.63) is 54.1 Å². The van der Waals surface area contributed by atoms with Gasteiger partial charge in [0.25, 0.3) is 0 Å². The minimum Gasteiger partial charge on any atom is -0.304 e. The fourth-order valence-corrected chi connectivity index (χ4v) is 6.22. The number of aromatic nitrogens is 2. The van der Waals surface area contributed by atoms with Gasteiger partial charge in [-0.3, -0.25) is 0 Å². The zero-order valence-electron chi connectivity index (χ0n) is 20.7. The largest absolute Gasteiger partial charge is 0.304 e.